The number of hydrogen-bond acceptors (Lipinski definition) is 7. The highest BCUT2D eigenvalue weighted by Crippen LogP contribution is 2.19. The van der Waals surface area contributed by atoms with Gasteiger partial charge in [0.2, 0.25) is 5.91 Å². The van der Waals surface area contributed by atoms with Crippen LogP contribution in [-0.2, 0) is 11.8 Å². The molecule has 2 aromatic carbocycles. The molecule has 0 unspecified atom stereocenters. The van der Waals surface area contributed by atoms with Gasteiger partial charge in [0.15, 0.2) is 5.16 Å². The molecular formula is C25H27N5O4S. The molecule has 2 heterocycles. The molecular weight excluding hydrogens is 466 g/mol. The van der Waals surface area contributed by atoms with Crippen LogP contribution in [0, 0.1) is 0 Å². The average molecular weight is 494 g/mol. The minimum atomic E-state index is -0.560. The summed E-state index contributed by atoms with van der Waals surface area (Å²) in [6.45, 7) is 2.83. The van der Waals surface area contributed by atoms with E-state index < -0.39 is 11.5 Å². The molecule has 0 bridgehead atoms. The molecule has 1 aromatic heterocycles. The van der Waals surface area contributed by atoms with Crippen LogP contribution in [0.2, 0.25) is 0 Å². The lowest BCUT2D eigenvalue weighted by molar-refractivity contribution is -0.128. The summed E-state index contributed by atoms with van der Waals surface area (Å²) in [6.07, 6.45) is 1.25. The van der Waals surface area contributed by atoms with Crippen LogP contribution in [0.1, 0.15) is 10.4 Å². The monoisotopic (exact) mass is 493 g/mol. The number of nitrogens with zero attached hydrogens (tertiary/aromatic N) is 4. The van der Waals surface area contributed by atoms with Gasteiger partial charge in [0.25, 0.3) is 11.5 Å². The summed E-state index contributed by atoms with van der Waals surface area (Å²) in [7, 11) is 3.08. The number of para-hydroxylation sites is 1. The van der Waals surface area contributed by atoms with Crippen molar-refractivity contribution in [1.82, 2.24) is 14.5 Å². The Kier molecular flexibility index (Phi) is 7.71. The van der Waals surface area contributed by atoms with E-state index in [0.717, 1.165) is 18.8 Å². The molecule has 2 amide bonds. The SMILES string of the molecule is COc1cccc(NC(=O)c2cnc(SCC(=O)N3CCN(c4ccccc4)CC3)n(C)c2=O)c1. The fourth-order valence-electron chi connectivity index (χ4n) is 3.79. The Morgan fingerprint density at radius 2 is 1.80 bits per heavy atom. The number of rotatable bonds is 7. The quantitative estimate of drug-likeness (QED) is 0.399. The van der Waals surface area contributed by atoms with Gasteiger partial charge in [-0.25, -0.2) is 4.98 Å². The Balaban J connectivity index is 1.33. The number of carbonyl (C=O) groups excluding carboxylic acids is 2. The Hall–Kier alpha value is -3.79. The van der Waals surface area contributed by atoms with E-state index in [1.807, 2.05) is 23.1 Å². The van der Waals surface area contributed by atoms with Crippen molar-refractivity contribution >= 4 is 35.0 Å². The third-order valence-electron chi connectivity index (χ3n) is 5.78. The molecule has 1 saturated heterocycles. The van der Waals surface area contributed by atoms with Crippen LogP contribution in [0.15, 0.2) is 70.7 Å². The lowest BCUT2D eigenvalue weighted by Gasteiger charge is -2.36. The van der Waals surface area contributed by atoms with Gasteiger partial charge in [0.1, 0.15) is 11.3 Å². The molecule has 1 aliphatic rings. The van der Waals surface area contributed by atoms with Crippen molar-refractivity contribution in [3.05, 3.63) is 76.7 Å². The van der Waals surface area contributed by atoms with E-state index >= 15 is 0 Å². The summed E-state index contributed by atoms with van der Waals surface area (Å²) >= 11 is 1.19. The van der Waals surface area contributed by atoms with Crippen molar-refractivity contribution in [3.63, 3.8) is 0 Å². The number of hydrogen-bond donors (Lipinski definition) is 1. The molecule has 1 fully saturated rings. The Morgan fingerprint density at radius 1 is 1.06 bits per heavy atom. The molecule has 1 N–H and O–H groups in total. The molecule has 0 spiro atoms. The van der Waals surface area contributed by atoms with Gasteiger partial charge in [0.05, 0.1) is 12.9 Å². The maximum absolute atomic E-state index is 12.8. The van der Waals surface area contributed by atoms with Crippen molar-refractivity contribution in [1.29, 1.82) is 0 Å². The van der Waals surface area contributed by atoms with Crippen LogP contribution in [0.5, 0.6) is 5.75 Å². The van der Waals surface area contributed by atoms with Crippen molar-refractivity contribution in [3.8, 4) is 5.75 Å². The summed E-state index contributed by atoms with van der Waals surface area (Å²) in [5.41, 5.74) is 1.10. The maximum Gasteiger partial charge on any atom is 0.266 e. The summed E-state index contributed by atoms with van der Waals surface area (Å²) in [5, 5.41) is 3.06. The zero-order valence-electron chi connectivity index (χ0n) is 19.6. The van der Waals surface area contributed by atoms with E-state index in [2.05, 4.69) is 27.3 Å². The first kappa shape index (κ1) is 24.3. The fraction of sp³-hybridized carbons (Fsp3) is 0.280. The van der Waals surface area contributed by atoms with Gasteiger partial charge in [-0.3, -0.25) is 19.0 Å². The highest BCUT2D eigenvalue weighted by atomic mass is 32.2. The number of piperazine rings is 1. The van der Waals surface area contributed by atoms with Crippen molar-refractivity contribution < 1.29 is 14.3 Å². The maximum atomic E-state index is 12.8. The van der Waals surface area contributed by atoms with Crippen LogP contribution in [0.3, 0.4) is 0 Å². The predicted octanol–water partition coefficient (Wildman–Crippen LogP) is 2.48. The molecule has 0 radical (unpaired) electrons. The number of carbonyl (C=O) groups is 2. The van der Waals surface area contributed by atoms with E-state index in [-0.39, 0.29) is 17.2 Å². The number of ether oxygens (including phenoxy) is 1. The fourth-order valence-corrected chi connectivity index (χ4v) is 4.63. The van der Waals surface area contributed by atoms with E-state index in [9.17, 15) is 14.4 Å². The molecule has 182 valence electrons. The van der Waals surface area contributed by atoms with Crippen molar-refractivity contribution in [2.45, 2.75) is 5.16 Å². The number of thioether (sulfide) groups is 1. The van der Waals surface area contributed by atoms with E-state index in [1.54, 1.807) is 31.3 Å². The van der Waals surface area contributed by atoms with Crippen LogP contribution in [0.25, 0.3) is 0 Å². The van der Waals surface area contributed by atoms with Crippen molar-refractivity contribution in [2.75, 3.05) is 49.3 Å². The Labute approximate surface area is 207 Å². The van der Waals surface area contributed by atoms with Gasteiger partial charge >= 0.3 is 0 Å². The first-order valence-electron chi connectivity index (χ1n) is 11.2. The Morgan fingerprint density at radius 3 is 2.51 bits per heavy atom. The molecule has 0 atom stereocenters. The van der Waals surface area contributed by atoms with Gasteiger partial charge in [-0.2, -0.15) is 0 Å². The van der Waals surface area contributed by atoms with Crippen LogP contribution < -0.4 is 20.5 Å². The van der Waals surface area contributed by atoms with Crippen LogP contribution in [0.4, 0.5) is 11.4 Å². The molecule has 0 aliphatic carbocycles. The standard InChI is InChI=1S/C25H27N5O4S/c1-28-24(33)21(23(32)27-18-7-6-10-20(15-18)34-2)16-26-25(28)35-17-22(31)30-13-11-29(12-14-30)19-8-4-3-5-9-19/h3-10,15-16H,11-14,17H2,1-2H3,(H,27,32). The normalized spacial score (nSPS) is 13.4. The number of anilines is 2. The first-order chi connectivity index (χ1) is 17.0. The van der Waals surface area contributed by atoms with E-state index in [0.29, 0.717) is 29.7 Å². The van der Waals surface area contributed by atoms with Crippen LogP contribution >= 0.6 is 11.8 Å². The third-order valence-corrected chi connectivity index (χ3v) is 6.81. The predicted molar refractivity (Wildman–Crippen MR) is 136 cm³/mol. The second-order valence-corrected chi connectivity index (χ2v) is 8.94. The van der Waals surface area contributed by atoms with E-state index in [1.165, 1.54) is 29.6 Å². The lowest BCUT2D eigenvalue weighted by atomic mass is 10.2. The van der Waals surface area contributed by atoms with Crippen LogP contribution in [-0.4, -0.2) is 65.3 Å². The number of methoxy groups -OCH3 is 1. The van der Waals surface area contributed by atoms with Crippen molar-refractivity contribution in [2.24, 2.45) is 7.05 Å². The zero-order chi connectivity index (χ0) is 24.8. The molecule has 35 heavy (non-hydrogen) atoms. The second-order valence-electron chi connectivity index (χ2n) is 8.00. The van der Waals surface area contributed by atoms with Gasteiger partial charge < -0.3 is 19.9 Å². The molecule has 1 aliphatic heterocycles. The third kappa shape index (κ3) is 5.83. The average Bonchev–Trinajstić information content (AvgIpc) is 2.90. The summed E-state index contributed by atoms with van der Waals surface area (Å²) in [4.78, 5) is 46.5. The summed E-state index contributed by atoms with van der Waals surface area (Å²) in [6, 6.07) is 17.0. The largest absolute Gasteiger partial charge is 0.497 e. The number of aromatic nitrogens is 2. The highest BCUT2D eigenvalue weighted by molar-refractivity contribution is 7.99. The molecule has 0 saturated carbocycles. The zero-order valence-corrected chi connectivity index (χ0v) is 20.5. The van der Waals surface area contributed by atoms with Gasteiger partial charge in [-0.1, -0.05) is 36.0 Å². The summed E-state index contributed by atoms with van der Waals surface area (Å²) < 4.78 is 6.45. The Bertz CT molecular complexity index is 1260. The number of amides is 2. The smallest absolute Gasteiger partial charge is 0.266 e. The van der Waals surface area contributed by atoms with Gasteiger partial charge in [0, 0.05) is 56.9 Å². The highest BCUT2D eigenvalue weighted by Gasteiger charge is 2.22. The lowest BCUT2D eigenvalue weighted by Crippen LogP contribution is -2.49. The number of benzene rings is 2. The van der Waals surface area contributed by atoms with E-state index in [4.69, 9.17) is 4.74 Å². The van der Waals surface area contributed by atoms with Gasteiger partial charge in [-0.05, 0) is 24.3 Å². The first-order valence-corrected chi connectivity index (χ1v) is 12.2. The summed E-state index contributed by atoms with van der Waals surface area (Å²) in [5.74, 6) is 0.194. The minimum Gasteiger partial charge on any atom is -0.497 e. The molecule has 4 rings (SSSR count). The molecule has 10 heteroatoms. The molecule has 9 nitrogen and oxygen atoms in total. The second kappa shape index (κ2) is 11.1. The van der Waals surface area contributed by atoms with Gasteiger partial charge in [-0.15, -0.1) is 0 Å². The molecule has 3 aromatic rings. The minimum absolute atomic E-state index is 0.00296. The number of nitrogens with one attached hydrogen (secondary N) is 1. The topological polar surface area (TPSA) is 96.8 Å².